The maximum Gasteiger partial charge on any atom is 0.276 e. The van der Waals surface area contributed by atoms with Crippen LogP contribution < -0.4 is 0 Å². The van der Waals surface area contributed by atoms with Crippen molar-refractivity contribution in [2.75, 3.05) is 0 Å². The largest absolute Gasteiger partial charge is 0.507 e. The van der Waals surface area contributed by atoms with Crippen molar-refractivity contribution in [2.24, 2.45) is 5.92 Å². The Morgan fingerprint density at radius 2 is 1.95 bits per heavy atom. The Labute approximate surface area is 118 Å². The molecule has 0 amide bonds. The molecule has 0 heterocycles. The summed E-state index contributed by atoms with van der Waals surface area (Å²) in [6.07, 6.45) is 1.04. The number of nitro benzene ring substituents is 1. The van der Waals surface area contributed by atoms with E-state index in [9.17, 15) is 20.0 Å². The van der Waals surface area contributed by atoms with Crippen LogP contribution in [0.1, 0.15) is 62.4 Å². The van der Waals surface area contributed by atoms with Gasteiger partial charge >= 0.3 is 0 Å². The van der Waals surface area contributed by atoms with Gasteiger partial charge in [0.05, 0.1) is 16.6 Å². The zero-order valence-electron chi connectivity index (χ0n) is 12.3. The summed E-state index contributed by atoms with van der Waals surface area (Å²) in [5, 5.41) is 20.9. The van der Waals surface area contributed by atoms with E-state index in [2.05, 4.69) is 0 Å². The molecule has 0 aliphatic rings. The molecular weight excluding hydrogens is 258 g/mol. The lowest BCUT2D eigenvalue weighted by atomic mass is 9.92. The second-order valence-corrected chi connectivity index (χ2v) is 5.52. The molecule has 0 radical (unpaired) electrons. The van der Waals surface area contributed by atoms with E-state index >= 15 is 0 Å². The summed E-state index contributed by atoms with van der Waals surface area (Å²) >= 11 is 0. The van der Waals surface area contributed by atoms with Crippen LogP contribution in [0.2, 0.25) is 0 Å². The van der Waals surface area contributed by atoms with Gasteiger partial charge in [-0.25, -0.2) is 0 Å². The highest BCUT2D eigenvalue weighted by molar-refractivity contribution is 5.99. The van der Waals surface area contributed by atoms with E-state index in [1.165, 1.54) is 6.07 Å². The number of phenols is 1. The van der Waals surface area contributed by atoms with E-state index in [-0.39, 0.29) is 34.6 Å². The predicted octanol–water partition coefficient (Wildman–Crippen LogP) is 4.04. The third kappa shape index (κ3) is 3.56. The second-order valence-electron chi connectivity index (χ2n) is 5.52. The highest BCUT2D eigenvalue weighted by atomic mass is 16.6. The normalized spacial score (nSPS) is 12.4. The molecule has 0 aliphatic carbocycles. The zero-order valence-corrected chi connectivity index (χ0v) is 12.3. The van der Waals surface area contributed by atoms with Crippen molar-refractivity contribution in [1.82, 2.24) is 0 Å². The van der Waals surface area contributed by atoms with Crippen molar-refractivity contribution in [2.45, 2.75) is 46.5 Å². The lowest BCUT2D eigenvalue weighted by Crippen LogP contribution is -2.07. The quantitative estimate of drug-likeness (QED) is 0.484. The minimum absolute atomic E-state index is 0.0402. The number of ketones is 1. The van der Waals surface area contributed by atoms with Crippen molar-refractivity contribution in [3.05, 3.63) is 33.4 Å². The van der Waals surface area contributed by atoms with Crippen molar-refractivity contribution in [1.29, 1.82) is 0 Å². The van der Waals surface area contributed by atoms with Gasteiger partial charge < -0.3 is 5.11 Å². The summed E-state index contributed by atoms with van der Waals surface area (Å²) in [4.78, 5) is 22.6. The van der Waals surface area contributed by atoms with Crippen molar-refractivity contribution < 1.29 is 14.8 Å². The van der Waals surface area contributed by atoms with Crippen LogP contribution >= 0.6 is 0 Å². The van der Waals surface area contributed by atoms with E-state index in [1.54, 1.807) is 0 Å². The maximum atomic E-state index is 12.1. The summed E-state index contributed by atoms with van der Waals surface area (Å²) in [7, 11) is 0. The van der Waals surface area contributed by atoms with Gasteiger partial charge in [0.25, 0.3) is 5.69 Å². The standard InChI is InChI=1S/C15H21NO4/c1-5-10(4)11-7-12(14(17)6-9(2)3)15(18)8-13(11)16(19)20/h7-10,18H,5-6H2,1-4H3. The number of phenolic OH excluding ortho intramolecular Hbond substituents is 1. The molecule has 110 valence electrons. The van der Waals surface area contributed by atoms with E-state index in [1.807, 2.05) is 27.7 Å². The molecule has 1 N–H and O–H groups in total. The molecule has 5 nitrogen and oxygen atoms in total. The average molecular weight is 279 g/mol. The van der Waals surface area contributed by atoms with Crippen LogP contribution in [0.25, 0.3) is 0 Å². The Morgan fingerprint density at radius 1 is 1.35 bits per heavy atom. The van der Waals surface area contributed by atoms with Crippen LogP contribution in [0.3, 0.4) is 0 Å². The van der Waals surface area contributed by atoms with E-state index in [0.29, 0.717) is 12.0 Å². The molecule has 1 aromatic rings. The molecule has 20 heavy (non-hydrogen) atoms. The SMILES string of the molecule is CCC(C)c1cc(C(=O)CC(C)C)c(O)cc1[N+](=O)[O-]. The van der Waals surface area contributed by atoms with Crippen LogP contribution in [-0.4, -0.2) is 15.8 Å². The summed E-state index contributed by atoms with van der Waals surface area (Å²) in [5.74, 6) is -0.364. The predicted molar refractivity (Wildman–Crippen MR) is 77.3 cm³/mol. The number of rotatable bonds is 6. The summed E-state index contributed by atoms with van der Waals surface area (Å²) in [5.41, 5.74) is 0.556. The summed E-state index contributed by atoms with van der Waals surface area (Å²) in [6.45, 7) is 7.62. The van der Waals surface area contributed by atoms with Gasteiger partial charge in [-0.05, 0) is 24.3 Å². The Morgan fingerprint density at radius 3 is 2.40 bits per heavy atom. The number of Topliss-reactive ketones (excluding diaryl/α,β-unsaturated/α-hetero) is 1. The summed E-state index contributed by atoms with van der Waals surface area (Å²) in [6, 6.07) is 2.57. The fourth-order valence-electron chi connectivity index (χ4n) is 2.07. The number of nitro groups is 1. The molecular formula is C15H21NO4. The van der Waals surface area contributed by atoms with E-state index in [4.69, 9.17) is 0 Å². The third-order valence-corrected chi connectivity index (χ3v) is 3.38. The molecule has 5 heteroatoms. The lowest BCUT2D eigenvalue weighted by molar-refractivity contribution is -0.385. The van der Waals surface area contributed by atoms with Gasteiger partial charge in [0.2, 0.25) is 0 Å². The first kappa shape index (κ1) is 16.1. The molecule has 0 aliphatic heterocycles. The fourth-order valence-corrected chi connectivity index (χ4v) is 2.07. The molecule has 0 fully saturated rings. The molecule has 1 unspecified atom stereocenters. The second kappa shape index (κ2) is 6.50. The van der Waals surface area contributed by atoms with E-state index < -0.39 is 4.92 Å². The minimum atomic E-state index is -0.516. The van der Waals surface area contributed by atoms with Crippen LogP contribution in [0, 0.1) is 16.0 Å². The zero-order chi connectivity index (χ0) is 15.4. The van der Waals surface area contributed by atoms with E-state index in [0.717, 1.165) is 12.5 Å². The van der Waals surface area contributed by atoms with Gasteiger partial charge in [-0.2, -0.15) is 0 Å². The molecule has 0 saturated heterocycles. The van der Waals surface area contributed by atoms with Gasteiger partial charge in [-0.15, -0.1) is 0 Å². The number of aromatic hydroxyl groups is 1. The van der Waals surface area contributed by atoms with Gasteiger partial charge in [-0.3, -0.25) is 14.9 Å². The van der Waals surface area contributed by atoms with Crippen LogP contribution in [0.5, 0.6) is 5.75 Å². The van der Waals surface area contributed by atoms with Crippen LogP contribution in [-0.2, 0) is 0 Å². The van der Waals surface area contributed by atoms with Crippen LogP contribution in [0.15, 0.2) is 12.1 Å². The Balaban J connectivity index is 3.35. The van der Waals surface area contributed by atoms with Gasteiger partial charge in [0.15, 0.2) is 5.78 Å². The smallest absolute Gasteiger partial charge is 0.276 e. The topological polar surface area (TPSA) is 80.4 Å². The fraction of sp³-hybridized carbons (Fsp3) is 0.533. The van der Waals surface area contributed by atoms with Gasteiger partial charge in [-0.1, -0.05) is 27.7 Å². The first-order chi connectivity index (χ1) is 9.27. The number of hydrogen-bond donors (Lipinski definition) is 1. The number of carbonyl (C=O) groups excluding carboxylic acids is 1. The molecule has 0 bridgehead atoms. The molecule has 1 rings (SSSR count). The van der Waals surface area contributed by atoms with Crippen molar-refractivity contribution >= 4 is 11.5 Å². The van der Waals surface area contributed by atoms with Gasteiger partial charge in [0, 0.05) is 12.0 Å². The lowest BCUT2D eigenvalue weighted by Gasteiger charge is -2.13. The number of benzene rings is 1. The molecule has 0 saturated carbocycles. The first-order valence-electron chi connectivity index (χ1n) is 6.82. The number of hydrogen-bond acceptors (Lipinski definition) is 4. The third-order valence-electron chi connectivity index (χ3n) is 3.38. The van der Waals surface area contributed by atoms with Gasteiger partial charge in [0.1, 0.15) is 5.75 Å². The first-order valence-corrected chi connectivity index (χ1v) is 6.82. The highest BCUT2D eigenvalue weighted by Crippen LogP contribution is 2.35. The molecule has 1 atom stereocenters. The Bertz CT molecular complexity index is 523. The molecule has 1 aromatic carbocycles. The van der Waals surface area contributed by atoms with Crippen molar-refractivity contribution in [3.8, 4) is 5.75 Å². The molecule has 0 aromatic heterocycles. The van der Waals surface area contributed by atoms with Crippen molar-refractivity contribution in [3.63, 3.8) is 0 Å². The Hall–Kier alpha value is -1.91. The monoisotopic (exact) mass is 279 g/mol. The molecule has 0 spiro atoms. The minimum Gasteiger partial charge on any atom is -0.507 e. The Kier molecular flexibility index (Phi) is 5.25. The maximum absolute atomic E-state index is 12.1. The number of nitrogens with zero attached hydrogens (tertiary/aromatic N) is 1. The number of carbonyl (C=O) groups is 1. The summed E-state index contributed by atoms with van der Waals surface area (Å²) < 4.78 is 0. The average Bonchev–Trinajstić information content (AvgIpc) is 2.36. The highest BCUT2D eigenvalue weighted by Gasteiger charge is 2.24. The van der Waals surface area contributed by atoms with Crippen LogP contribution in [0.4, 0.5) is 5.69 Å².